The van der Waals surface area contributed by atoms with Gasteiger partial charge in [0.25, 0.3) is 5.91 Å². The molecular weight excluding hydrogens is 705 g/mol. The Balaban J connectivity index is 1.60. The van der Waals surface area contributed by atoms with E-state index in [4.69, 9.17) is 14.2 Å². The number of amides is 3. The van der Waals surface area contributed by atoms with Gasteiger partial charge >= 0.3 is 30.1 Å². The molecule has 0 aromatic heterocycles. The number of esters is 3. The van der Waals surface area contributed by atoms with Gasteiger partial charge in [-0.1, -0.05) is 72.3 Å². The third kappa shape index (κ3) is 9.32. The van der Waals surface area contributed by atoms with Gasteiger partial charge < -0.3 is 19.1 Å². The Morgan fingerprint density at radius 3 is 1.91 bits per heavy atom. The molecule has 284 valence electrons. The SMILES string of the molecule is CCOC(=O)C(CCOC(=O)Cc1cccc(N(C(=O)c2ccc(C)cc2-c2ccc(C(F)(F)F)cc2)C(=O)N(C)C)c1)(C(=O)OCC)c1ccccc1. The Labute approximate surface area is 311 Å². The fraction of sp³-hybridized carbons (Fsp3) is 0.293. The summed E-state index contributed by atoms with van der Waals surface area (Å²) >= 11 is 0. The van der Waals surface area contributed by atoms with E-state index in [1.165, 1.54) is 49.3 Å². The highest BCUT2D eigenvalue weighted by molar-refractivity contribution is 6.22. The van der Waals surface area contributed by atoms with E-state index in [2.05, 4.69) is 0 Å². The molecule has 10 nitrogen and oxygen atoms in total. The summed E-state index contributed by atoms with van der Waals surface area (Å²) in [7, 11) is 2.91. The summed E-state index contributed by atoms with van der Waals surface area (Å²) in [6, 6.07) is 22.8. The average molecular weight is 747 g/mol. The van der Waals surface area contributed by atoms with E-state index < -0.39 is 47.0 Å². The van der Waals surface area contributed by atoms with Crippen LogP contribution in [0.3, 0.4) is 0 Å². The van der Waals surface area contributed by atoms with Gasteiger partial charge in [-0.05, 0) is 73.4 Å². The number of hydrogen-bond acceptors (Lipinski definition) is 8. The molecular formula is C41H41F3N2O8. The van der Waals surface area contributed by atoms with Crippen molar-refractivity contribution in [2.24, 2.45) is 0 Å². The minimum absolute atomic E-state index is 0.000916. The number of hydrogen-bond donors (Lipinski definition) is 0. The number of urea groups is 1. The Hall–Kier alpha value is -5.98. The summed E-state index contributed by atoms with van der Waals surface area (Å²) in [5.74, 6) is -3.16. The van der Waals surface area contributed by atoms with Crippen molar-refractivity contribution < 1.29 is 51.4 Å². The third-order valence-electron chi connectivity index (χ3n) is 8.48. The van der Waals surface area contributed by atoms with Crippen molar-refractivity contribution in [2.75, 3.05) is 38.8 Å². The molecule has 4 aromatic carbocycles. The van der Waals surface area contributed by atoms with E-state index in [1.807, 2.05) is 0 Å². The fourth-order valence-corrected chi connectivity index (χ4v) is 5.80. The fourth-order valence-electron chi connectivity index (χ4n) is 5.80. The number of carbonyl (C=O) groups is 5. The number of benzene rings is 4. The number of carbonyl (C=O) groups excluding carboxylic acids is 5. The van der Waals surface area contributed by atoms with Gasteiger partial charge in [-0.3, -0.25) is 19.2 Å². The Kier molecular flexibility index (Phi) is 13.4. The standard InChI is InChI=1S/C41H41F3N2O8/c1-6-52-37(49)40(38(50)53-7-2,30-13-9-8-10-14-30)22-23-54-35(47)26-28-12-11-15-32(25-28)46(39(51)45(4)5)36(48)33-21-16-27(3)24-34(33)29-17-19-31(20-18-29)41(42,43)44/h8-21,24-25H,6-7,22-23,26H2,1-5H3. The summed E-state index contributed by atoms with van der Waals surface area (Å²) in [5, 5.41) is 0. The Morgan fingerprint density at radius 2 is 1.33 bits per heavy atom. The van der Waals surface area contributed by atoms with Crippen LogP contribution in [-0.2, 0) is 46.6 Å². The summed E-state index contributed by atoms with van der Waals surface area (Å²) in [5.41, 5.74) is -0.474. The van der Waals surface area contributed by atoms with Crippen LogP contribution in [0.4, 0.5) is 23.7 Å². The summed E-state index contributed by atoms with van der Waals surface area (Å²) in [6.45, 7) is 4.62. The largest absolute Gasteiger partial charge is 0.465 e. The number of alkyl halides is 3. The van der Waals surface area contributed by atoms with Gasteiger partial charge in [0.05, 0.1) is 37.5 Å². The second kappa shape index (κ2) is 17.7. The molecule has 0 aliphatic heterocycles. The van der Waals surface area contributed by atoms with E-state index in [9.17, 15) is 37.1 Å². The van der Waals surface area contributed by atoms with Crippen LogP contribution in [0, 0.1) is 6.92 Å². The van der Waals surface area contributed by atoms with Crippen molar-refractivity contribution in [3.05, 3.63) is 125 Å². The van der Waals surface area contributed by atoms with Crippen LogP contribution in [0.15, 0.2) is 97.1 Å². The lowest BCUT2D eigenvalue weighted by molar-refractivity contribution is -0.167. The molecule has 0 radical (unpaired) electrons. The highest BCUT2D eigenvalue weighted by atomic mass is 19.4. The van der Waals surface area contributed by atoms with Gasteiger partial charge in [0.1, 0.15) is 0 Å². The number of anilines is 1. The summed E-state index contributed by atoms with van der Waals surface area (Å²) in [4.78, 5) is 69.7. The molecule has 0 saturated carbocycles. The van der Waals surface area contributed by atoms with Crippen molar-refractivity contribution >= 4 is 35.5 Å². The first kappa shape index (κ1) is 40.8. The first-order valence-corrected chi connectivity index (χ1v) is 17.1. The molecule has 4 aromatic rings. The van der Waals surface area contributed by atoms with Crippen LogP contribution in [0.1, 0.15) is 52.9 Å². The smallest absolute Gasteiger partial charge is 0.416 e. The molecule has 0 aliphatic carbocycles. The van der Waals surface area contributed by atoms with Crippen molar-refractivity contribution in [1.82, 2.24) is 4.90 Å². The predicted octanol–water partition coefficient (Wildman–Crippen LogP) is 7.55. The molecule has 0 atom stereocenters. The molecule has 0 heterocycles. The lowest BCUT2D eigenvalue weighted by Gasteiger charge is -2.29. The molecule has 54 heavy (non-hydrogen) atoms. The molecule has 4 rings (SSSR count). The van der Waals surface area contributed by atoms with Gasteiger partial charge in [-0.15, -0.1) is 0 Å². The lowest BCUT2D eigenvalue weighted by Crippen LogP contribution is -2.47. The summed E-state index contributed by atoms with van der Waals surface area (Å²) < 4.78 is 55.9. The first-order valence-electron chi connectivity index (χ1n) is 17.1. The van der Waals surface area contributed by atoms with E-state index in [-0.39, 0.29) is 43.9 Å². The van der Waals surface area contributed by atoms with Crippen LogP contribution in [0.25, 0.3) is 11.1 Å². The van der Waals surface area contributed by atoms with Gasteiger partial charge in [-0.25, -0.2) is 9.69 Å². The molecule has 3 amide bonds. The number of aryl methyl sites for hydroxylation is 1. The Morgan fingerprint density at radius 1 is 0.704 bits per heavy atom. The monoisotopic (exact) mass is 746 g/mol. The van der Waals surface area contributed by atoms with E-state index in [1.54, 1.807) is 75.4 Å². The number of halogens is 3. The number of imide groups is 1. The quantitative estimate of drug-likeness (QED) is 0.0782. The van der Waals surface area contributed by atoms with Gasteiger partial charge in [-0.2, -0.15) is 13.2 Å². The maximum absolute atomic E-state index is 14.2. The van der Waals surface area contributed by atoms with Crippen LogP contribution in [0.5, 0.6) is 0 Å². The zero-order valence-electron chi connectivity index (χ0n) is 30.6. The van der Waals surface area contributed by atoms with Crippen molar-refractivity contribution in [2.45, 2.75) is 45.2 Å². The topological polar surface area (TPSA) is 120 Å². The number of rotatable bonds is 13. The molecule has 0 unspecified atom stereocenters. The van der Waals surface area contributed by atoms with Gasteiger partial charge in [0, 0.05) is 26.1 Å². The van der Waals surface area contributed by atoms with E-state index in [0.717, 1.165) is 22.6 Å². The van der Waals surface area contributed by atoms with Crippen LogP contribution < -0.4 is 4.90 Å². The predicted molar refractivity (Wildman–Crippen MR) is 195 cm³/mol. The molecule has 0 fully saturated rings. The molecule has 0 aliphatic rings. The van der Waals surface area contributed by atoms with Crippen molar-refractivity contribution in [3.8, 4) is 11.1 Å². The minimum atomic E-state index is -4.55. The third-order valence-corrected chi connectivity index (χ3v) is 8.48. The van der Waals surface area contributed by atoms with Gasteiger partial charge in [0.15, 0.2) is 5.41 Å². The highest BCUT2D eigenvalue weighted by Gasteiger charge is 2.50. The second-order valence-electron chi connectivity index (χ2n) is 12.5. The van der Waals surface area contributed by atoms with Gasteiger partial charge in [0.2, 0.25) is 0 Å². The zero-order chi connectivity index (χ0) is 39.6. The molecule has 0 bridgehead atoms. The zero-order valence-corrected chi connectivity index (χ0v) is 30.6. The van der Waals surface area contributed by atoms with E-state index >= 15 is 0 Å². The second-order valence-corrected chi connectivity index (χ2v) is 12.5. The minimum Gasteiger partial charge on any atom is -0.465 e. The average Bonchev–Trinajstić information content (AvgIpc) is 3.13. The molecule has 0 spiro atoms. The lowest BCUT2D eigenvalue weighted by atomic mass is 9.77. The normalized spacial score (nSPS) is 11.3. The number of ether oxygens (including phenoxy) is 3. The van der Waals surface area contributed by atoms with Crippen LogP contribution in [0.2, 0.25) is 0 Å². The summed E-state index contributed by atoms with van der Waals surface area (Å²) in [6.07, 6.45) is -5.11. The van der Waals surface area contributed by atoms with Crippen LogP contribution >= 0.6 is 0 Å². The highest BCUT2D eigenvalue weighted by Crippen LogP contribution is 2.34. The molecule has 13 heteroatoms. The van der Waals surface area contributed by atoms with Crippen molar-refractivity contribution in [1.29, 1.82) is 0 Å². The van der Waals surface area contributed by atoms with E-state index in [0.29, 0.717) is 22.3 Å². The van der Waals surface area contributed by atoms with Crippen molar-refractivity contribution in [3.63, 3.8) is 0 Å². The molecule has 0 N–H and O–H groups in total. The van der Waals surface area contributed by atoms with Crippen LogP contribution in [-0.4, -0.2) is 68.7 Å². The maximum atomic E-state index is 14.2. The maximum Gasteiger partial charge on any atom is 0.416 e. The number of nitrogens with zero attached hydrogens (tertiary/aromatic N) is 2. The first-order chi connectivity index (χ1) is 25.6. The molecule has 0 saturated heterocycles. The Bertz CT molecular complexity index is 1960.